The lowest BCUT2D eigenvalue weighted by atomic mass is 10.1. The smallest absolute Gasteiger partial charge is 0.268 e. The van der Waals surface area contributed by atoms with Crippen LogP contribution in [0.5, 0.6) is 0 Å². The lowest BCUT2D eigenvalue weighted by Gasteiger charge is -2.12. The molecule has 0 saturated heterocycles. The highest BCUT2D eigenvalue weighted by Crippen LogP contribution is 2.22. The van der Waals surface area contributed by atoms with Crippen molar-refractivity contribution in [1.82, 2.24) is 14.1 Å². The Hall–Kier alpha value is -3.91. The van der Waals surface area contributed by atoms with Gasteiger partial charge in [-0.05, 0) is 54.8 Å². The van der Waals surface area contributed by atoms with Gasteiger partial charge >= 0.3 is 0 Å². The van der Waals surface area contributed by atoms with Gasteiger partial charge in [0.15, 0.2) is 0 Å². The van der Waals surface area contributed by atoms with Gasteiger partial charge in [-0.15, -0.1) is 0 Å². The number of amides is 2. The van der Waals surface area contributed by atoms with Crippen LogP contribution < -0.4 is 11.1 Å². The number of aliphatic hydroxyl groups is 1. The summed E-state index contributed by atoms with van der Waals surface area (Å²) in [6.45, 7) is 1.10. The van der Waals surface area contributed by atoms with Crippen molar-refractivity contribution in [2.75, 3.05) is 5.32 Å². The third-order valence-corrected chi connectivity index (χ3v) is 6.01. The van der Waals surface area contributed by atoms with Gasteiger partial charge in [-0.1, -0.05) is 36.4 Å². The molecule has 8 heteroatoms. The number of primary amides is 1. The quantitative estimate of drug-likeness (QED) is 0.291. The van der Waals surface area contributed by atoms with Gasteiger partial charge in [0.2, 0.25) is 5.91 Å². The molecule has 1 unspecified atom stereocenters. The standard InChI is InChI=1S/C27H31N5O3/c28-27(35)24-18-31(19-29-24)17-23(33)9-5-14-32-15-13-21-11-12-22(16-25(21)32)30-26(34)10-4-8-20-6-2-1-3-7-20/h1-3,6-7,11-13,15-16,18-19,23,33H,4-5,8-10,14,17H2,(H2,28,35)(H,30,34). The van der Waals surface area contributed by atoms with Crippen LogP contribution in [0.4, 0.5) is 5.69 Å². The zero-order chi connectivity index (χ0) is 24.6. The lowest BCUT2D eigenvalue weighted by Crippen LogP contribution is -2.16. The maximum absolute atomic E-state index is 12.4. The molecule has 0 radical (unpaired) electrons. The van der Waals surface area contributed by atoms with E-state index in [0.717, 1.165) is 42.4 Å². The molecule has 0 fully saturated rings. The maximum Gasteiger partial charge on any atom is 0.268 e. The zero-order valence-electron chi connectivity index (χ0n) is 19.6. The summed E-state index contributed by atoms with van der Waals surface area (Å²) in [5.41, 5.74) is 8.47. The molecule has 0 aliphatic heterocycles. The van der Waals surface area contributed by atoms with E-state index in [0.29, 0.717) is 19.4 Å². The molecular formula is C27H31N5O3. The molecule has 35 heavy (non-hydrogen) atoms. The first-order chi connectivity index (χ1) is 17.0. The molecule has 1 atom stereocenters. The SMILES string of the molecule is NC(=O)c1cn(CC(O)CCCn2ccc3ccc(NC(=O)CCCc4ccccc4)cc32)cn1. The van der Waals surface area contributed by atoms with E-state index < -0.39 is 12.0 Å². The van der Waals surface area contributed by atoms with Crippen molar-refractivity contribution in [3.8, 4) is 0 Å². The van der Waals surface area contributed by atoms with E-state index in [4.69, 9.17) is 5.73 Å². The second kappa shape index (κ2) is 11.5. The van der Waals surface area contributed by atoms with Crippen LogP contribution >= 0.6 is 0 Å². The monoisotopic (exact) mass is 473 g/mol. The third kappa shape index (κ3) is 6.80. The Bertz CT molecular complexity index is 1280. The molecule has 2 amide bonds. The van der Waals surface area contributed by atoms with Gasteiger partial charge in [0, 0.05) is 37.6 Å². The topological polar surface area (TPSA) is 115 Å². The summed E-state index contributed by atoms with van der Waals surface area (Å²) >= 11 is 0. The molecule has 2 aromatic heterocycles. The molecule has 2 heterocycles. The van der Waals surface area contributed by atoms with Crippen LogP contribution in [0.2, 0.25) is 0 Å². The van der Waals surface area contributed by atoms with Crippen LogP contribution in [0.3, 0.4) is 0 Å². The molecule has 4 N–H and O–H groups in total. The van der Waals surface area contributed by atoms with Crippen molar-refractivity contribution >= 4 is 28.4 Å². The van der Waals surface area contributed by atoms with Gasteiger partial charge < -0.3 is 25.3 Å². The molecular weight excluding hydrogens is 442 g/mol. The van der Waals surface area contributed by atoms with Crippen LogP contribution in [0, 0.1) is 0 Å². The van der Waals surface area contributed by atoms with Crippen molar-refractivity contribution < 1.29 is 14.7 Å². The molecule has 8 nitrogen and oxygen atoms in total. The van der Waals surface area contributed by atoms with E-state index in [1.54, 1.807) is 10.8 Å². The van der Waals surface area contributed by atoms with Gasteiger partial charge in [-0.25, -0.2) is 4.98 Å². The number of benzene rings is 2. The second-order valence-electron chi connectivity index (χ2n) is 8.79. The van der Waals surface area contributed by atoms with Crippen molar-refractivity contribution in [3.63, 3.8) is 0 Å². The van der Waals surface area contributed by atoms with E-state index in [1.807, 2.05) is 48.7 Å². The van der Waals surface area contributed by atoms with Gasteiger partial charge in [0.1, 0.15) is 5.69 Å². The summed E-state index contributed by atoms with van der Waals surface area (Å²) in [4.78, 5) is 27.5. The minimum atomic E-state index is -0.583. The van der Waals surface area contributed by atoms with Crippen LogP contribution in [0.25, 0.3) is 10.9 Å². The second-order valence-corrected chi connectivity index (χ2v) is 8.79. The average molecular weight is 474 g/mol. The maximum atomic E-state index is 12.4. The molecule has 0 aliphatic carbocycles. The first-order valence-electron chi connectivity index (χ1n) is 11.9. The normalized spacial score (nSPS) is 12.0. The summed E-state index contributed by atoms with van der Waals surface area (Å²) in [6.07, 6.45) is 8.05. The van der Waals surface area contributed by atoms with E-state index in [9.17, 15) is 14.7 Å². The number of nitrogens with two attached hydrogens (primary N) is 1. The summed E-state index contributed by atoms with van der Waals surface area (Å²) < 4.78 is 3.81. The number of nitrogens with zero attached hydrogens (tertiary/aromatic N) is 3. The Morgan fingerprint density at radius 3 is 2.69 bits per heavy atom. The van der Waals surface area contributed by atoms with E-state index in [1.165, 1.54) is 11.9 Å². The highest BCUT2D eigenvalue weighted by Gasteiger charge is 2.10. The number of anilines is 1. The highest BCUT2D eigenvalue weighted by molar-refractivity contribution is 5.93. The fourth-order valence-corrected chi connectivity index (χ4v) is 4.20. The zero-order valence-corrected chi connectivity index (χ0v) is 19.6. The van der Waals surface area contributed by atoms with Crippen LogP contribution in [-0.4, -0.2) is 37.1 Å². The largest absolute Gasteiger partial charge is 0.391 e. The first-order valence-corrected chi connectivity index (χ1v) is 11.9. The summed E-state index contributed by atoms with van der Waals surface area (Å²) in [7, 11) is 0. The van der Waals surface area contributed by atoms with Gasteiger partial charge in [0.05, 0.1) is 17.9 Å². The highest BCUT2D eigenvalue weighted by atomic mass is 16.3. The van der Waals surface area contributed by atoms with E-state index in [-0.39, 0.29) is 11.6 Å². The summed E-state index contributed by atoms with van der Waals surface area (Å²) in [5, 5.41) is 14.5. The fourth-order valence-electron chi connectivity index (χ4n) is 4.20. The number of carbonyl (C=O) groups is 2. The number of aromatic nitrogens is 3. The number of rotatable bonds is 12. The molecule has 182 valence electrons. The minimum absolute atomic E-state index is 0.0144. The Kier molecular flexibility index (Phi) is 7.95. The van der Waals surface area contributed by atoms with Crippen LogP contribution in [0.15, 0.2) is 73.3 Å². The molecule has 4 aromatic rings. The molecule has 0 saturated carbocycles. The molecule has 0 bridgehead atoms. The number of hydrogen-bond acceptors (Lipinski definition) is 4. The Morgan fingerprint density at radius 1 is 1.09 bits per heavy atom. The van der Waals surface area contributed by atoms with Crippen molar-refractivity contribution in [2.45, 2.75) is 51.3 Å². The first kappa shape index (κ1) is 24.2. The number of aryl methyl sites for hydroxylation is 2. The minimum Gasteiger partial charge on any atom is -0.391 e. The van der Waals surface area contributed by atoms with Gasteiger partial charge in [-0.2, -0.15) is 0 Å². The predicted octanol–water partition coefficient (Wildman–Crippen LogP) is 3.74. The van der Waals surface area contributed by atoms with E-state index in [2.05, 4.69) is 27.0 Å². The Morgan fingerprint density at radius 2 is 1.91 bits per heavy atom. The average Bonchev–Trinajstić information content (AvgIpc) is 3.47. The van der Waals surface area contributed by atoms with Crippen molar-refractivity contribution in [2.24, 2.45) is 5.73 Å². The van der Waals surface area contributed by atoms with Gasteiger partial charge in [-0.3, -0.25) is 9.59 Å². The summed E-state index contributed by atoms with van der Waals surface area (Å²) in [5.74, 6) is -0.569. The van der Waals surface area contributed by atoms with Gasteiger partial charge in [0.25, 0.3) is 5.91 Å². The number of nitrogens with one attached hydrogen (secondary N) is 1. The van der Waals surface area contributed by atoms with Crippen LogP contribution in [0.1, 0.15) is 41.7 Å². The number of fused-ring (bicyclic) bond motifs is 1. The Balaban J connectivity index is 1.26. The summed E-state index contributed by atoms with van der Waals surface area (Å²) in [6, 6.07) is 18.2. The van der Waals surface area contributed by atoms with Crippen molar-refractivity contribution in [1.29, 1.82) is 0 Å². The van der Waals surface area contributed by atoms with Crippen molar-refractivity contribution in [3.05, 3.63) is 84.6 Å². The number of imidazole rings is 1. The number of aliphatic hydroxyl groups excluding tert-OH is 1. The molecule has 0 aliphatic rings. The van der Waals surface area contributed by atoms with Crippen LogP contribution in [-0.2, 0) is 24.3 Å². The predicted molar refractivity (Wildman–Crippen MR) is 136 cm³/mol. The molecule has 0 spiro atoms. The Labute approximate surface area is 204 Å². The lowest BCUT2D eigenvalue weighted by molar-refractivity contribution is -0.116. The molecule has 4 rings (SSSR count). The third-order valence-electron chi connectivity index (χ3n) is 6.01. The fraction of sp³-hybridized carbons (Fsp3) is 0.296. The number of hydrogen-bond donors (Lipinski definition) is 3. The number of carbonyl (C=O) groups excluding carboxylic acids is 2. The van der Waals surface area contributed by atoms with E-state index >= 15 is 0 Å². The molecule has 2 aromatic carbocycles.